The average Bonchev–Trinajstić information content (AvgIpc) is 2.73. The normalized spacial score (nSPS) is 14.2. The lowest BCUT2D eigenvalue weighted by atomic mass is 9.94. The molecule has 1 heterocycles. The van der Waals surface area contributed by atoms with Crippen LogP contribution in [0.25, 0.3) is 0 Å². The van der Waals surface area contributed by atoms with Gasteiger partial charge in [0.25, 0.3) is 0 Å². The van der Waals surface area contributed by atoms with E-state index in [4.69, 9.17) is 5.73 Å². The van der Waals surface area contributed by atoms with Gasteiger partial charge in [-0.2, -0.15) is 5.10 Å². The van der Waals surface area contributed by atoms with Gasteiger partial charge in [-0.25, -0.2) is 0 Å². The van der Waals surface area contributed by atoms with E-state index in [1.165, 1.54) is 5.56 Å². The molecule has 0 spiro atoms. The van der Waals surface area contributed by atoms with Crippen molar-refractivity contribution >= 4 is 0 Å². The molecule has 108 valence electrons. The van der Waals surface area contributed by atoms with Gasteiger partial charge in [0, 0.05) is 12.2 Å². The Hall–Kier alpha value is -1.65. The summed E-state index contributed by atoms with van der Waals surface area (Å²) in [5.41, 5.74) is 8.94. The number of aryl methyl sites for hydroxylation is 1. The maximum absolute atomic E-state index is 10.9. The number of aliphatic hydroxyl groups is 1. The highest BCUT2D eigenvalue weighted by molar-refractivity contribution is 5.26. The minimum Gasteiger partial charge on any atom is -0.382 e. The van der Waals surface area contributed by atoms with Gasteiger partial charge in [-0.05, 0) is 31.4 Å². The zero-order chi connectivity index (χ0) is 14.8. The van der Waals surface area contributed by atoms with Crippen molar-refractivity contribution in [1.29, 1.82) is 0 Å². The first-order valence-corrected chi connectivity index (χ1v) is 7.02. The van der Waals surface area contributed by atoms with E-state index in [1.54, 1.807) is 0 Å². The van der Waals surface area contributed by atoms with Gasteiger partial charge in [0.2, 0.25) is 0 Å². The number of nitrogens with two attached hydrogens (primary N) is 1. The smallest absolute Gasteiger partial charge is 0.121 e. The van der Waals surface area contributed by atoms with Gasteiger partial charge in [0.05, 0.1) is 12.2 Å². The fraction of sp³-hybridized carbons (Fsp3) is 0.438. The largest absolute Gasteiger partial charge is 0.382 e. The van der Waals surface area contributed by atoms with Crippen LogP contribution in [-0.2, 0) is 18.6 Å². The number of rotatable bonds is 5. The molecule has 3 N–H and O–H groups in total. The fourth-order valence-corrected chi connectivity index (χ4v) is 2.67. The molecule has 20 heavy (non-hydrogen) atoms. The minimum atomic E-state index is -1.09. The van der Waals surface area contributed by atoms with Crippen LogP contribution in [0, 0.1) is 13.8 Å². The molecule has 0 aliphatic heterocycles. The van der Waals surface area contributed by atoms with Gasteiger partial charge in [-0.15, -0.1) is 0 Å². The molecule has 0 amide bonds. The van der Waals surface area contributed by atoms with Gasteiger partial charge >= 0.3 is 0 Å². The minimum absolute atomic E-state index is 0.164. The van der Waals surface area contributed by atoms with Crippen LogP contribution in [0.15, 0.2) is 30.3 Å². The van der Waals surface area contributed by atoms with Crippen molar-refractivity contribution in [3.63, 3.8) is 0 Å². The molecule has 0 bridgehead atoms. The zero-order valence-corrected chi connectivity index (χ0v) is 12.4. The third-order valence-electron chi connectivity index (χ3n) is 3.95. The van der Waals surface area contributed by atoms with Crippen molar-refractivity contribution in [2.45, 2.75) is 39.3 Å². The topological polar surface area (TPSA) is 64.1 Å². The van der Waals surface area contributed by atoms with E-state index in [9.17, 15) is 5.11 Å². The summed E-state index contributed by atoms with van der Waals surface area (Å²) in [5.74, 6) is 0. The lowest BCUT2D eigenvalue weighted by molar-refractivity contribution is 0.0233. The second kappa shape index (κ2) is 5.77. The Morgan fingerprint density at radius 1 is 1.25 bits per heavy atom. The Morgan fingerprint density at radius 3 is 2.40 bits per heavy atom. The summed E-state index contributed by atoms with van der Waals surface area (Å²) in [6.45, 7) is 6.71. The summed E-state index contributed by atoms with van der Waals surface area (Å²) in [4.78, 5) is 0. The quantitative estimate of drug-likeness (QED) is 0.874. The molecule has 4 heteroatoms. The van der Waals surface area contributed by atoms with Crippen LogP contribution in [0.1, 0.15) is 29.4 Å². The fourth-order valence-electron chi connectivity index (χ4n) is 2.67. The first-order valence-electron chi connectivity index (χ1n) is 7.02. The monoisotopic (exact) mass is 273 g/mol. The molecule has 1 aromatic carbocycles. The van der Waals surface area contributed by atoms with Gasteiger partial charge in [0.15, 0.2) is 0 Å². The van der Waals surface area contributed by atoms with Crippen LogP contribution in [0.4, 0.5) is 0 Å². The molecule has 0 fully saturated rings. The predicted molar refractivity (Wildman–Crippen MR) is 80.5 cm³/mol. The van der Waals surface area contributed by atoms with Gasteiger partial charge in [-0.1, -0.05) is 37.3 Å². The molecular weight excluding hydrogens is 250 g/mol. The highest BCUT2D eigenvalue weighted by atomic mass is 16.3. The Kier molecular flexibility index (Phi) is 4.26. The summed E-state index contributed by atoms with van der Waals surface area (Å²) in [7, 11) is 0. The molecule has 0 saturated carbocycles. The van der Waals surface area contributed by atoms with Crippen LogP contribution in [0.2, 0.25) is 0 Å². The SMILES string of the molecule is CCc1c(C)nn(CC(O)(CN)c2ccccc2)c1C. The Balaban J connectivity index is 2.36. The van der Waals surface area contributed by atoms with Gasteiger partial charge in [-0.3, -0.25) is 4.68 Å². The van der Waals surface area contributed by atoms with Crippen LogP contribution in [-0.4, -0.2) is 21.4 Å². The van der Waals surface area contributed by atoms with Crippen LogP contribution in [0.5, 0.6) is 0 Å². The van der Waals surface area contributed by atoms with E-state index < -0.39 is 5.60 Å². The lowest BCUT2D eigenvalue weighted by Gasteiger charge is -2.27. The van der Waals surface area contributed by atoms with E-state index in [-0.39, 0.29) is 6.54 Å². The average molecular weight is 273 g/mol. The second-order valence-corrected chi connectivity index (χ2v) is 5.26. The van der Waals surface area contributed by atoms with E-state index in [1.807, 2.05) is 48.9 Å². The van der Waals surface area contributed by atoms with Crippen LogP contribution < -0.4 is 5.73 Å². The van der Waals surface area contributed by atoms with E-state index in [0.29, 0.717) is 6.54 Å². The number of aromatic nitrogens is 2. The lowest BCUT2D eigenvalue weighted by Crippen LogP contribution is -2.39. The molecule has 0 aliphatic carbocycles. The first-order chi connectivity index (χ1) is 9.51. The highest BCUT2D eigenvalue weighted by Gasteiger charge is 2.29. The van der Waals surface area contributed by atoms with Crippen molar-refractivity contribution in [2.24, 2.45) is 5.73 Å². The molecule has 1 unspecified atom stereocenters. The molecule has 1 aromatic heterocycles. The highest BCUT2D eigenvalue weighted by Crippen LogP contribution is 2.24. The number of hydrogen-bond acceptors (Lipinski definition) is 3. The molecule has 0 saturated heterocycles. The Bertz CT molecular complexity index is 577. The standard InChI is InChI=1S/C16H23N3O/c1-4-15-12(2)18-19(13(15)3)11-16(20,10-17)14-8-6-5-7-9-14/h5-9,20H,4,10-11,17H2,1-3H3. The summed E-state index contributed by atoms with van der Waals surface area (Å²) in [6.07, 6.45) is 0.948. The molecule has 2 aromatic rings. The van der Waals surface area contributed by atoms with E-state index in [2.05, 4.69) is 12.0 Å². The van der Waals surface area contributed by atoms with Gasteiger partial charge in [0.1, 0.15) is 5.60 Å². The molecule has 1 atom stereocenters. The molecule has 2 rings (SSSR count). The predicted octanol–water partition coefficient (Wildman–Crippen LogP) is 1.91. The summed E-state index contributed by atoms with van der Waals surface area (Å²) < 4.78 is 1.87. The van der Waals surface area contributed by atoms with Crippen molar-refractivity contribution in [3.8, 4) is 0 Å². The third-order valence-corrected chi connectivity index (χ3v) is 3.95. The molecule has 0 radical (unpaired) electrons. The zero-order valence-electron chi connectivity index (χ0n) is 12.4. The maximum atomic E-state index is 10.9. The molecule has 0 aliphatic rings. The number of nitrogens with zero attached hydrogens (tertiary/aromatic N) is 2. The first kappa shape index (κ1) is 14.8. The van der Waals surface area contributed by atoms with Crippen LogP contribution >= 0.6 is 0 Å². The molecule has 4 nitrogen and oxygen atoms in total. The van der Waals surface area contributed by atoms with Gasteiger partial charge < -0.3 is 10.8 Å². The van der Waals surface area contributed by atoms with Crippen molar-refractivity contribution in [2.75, 3.05) is 6.54 Å². The maximum Gasteiger partial charge on any atom is 0.121 e. The number of hydrogen-bond donors (Lipinski definition) is 2. The summed E-state index contributed by atoms with van der Waals surface area (Å²) >= 11 is 0. The Morgan fingerprint density at radius 2 is 1.90 bits per heavy atom. The second-order valence-electron chi connectivity index (χ2n) is 5.26. The summed E-state index contributed by atoms with van der Waals surface area (Å²) in [5, 5.41) is 15.4. The van der Waals surface area contributed by atoms with E-state index >= 15 is 0 Å². The number of benzene rings is 1. The van der Waals surface area contributed by atoms with E-state index in [0.717, 1.165) is 23.4 Å². The summed E-state index contributed by atoms with van der Waals surface area (Å²) in [6, 6.07) is 9.56. The van der Waals surface area contributed by atoms with Crippen molar-refractivity contribution in [3.05, 3.63) is 52.8 Å². The van der Waals surface area contributed by atoms with Crippen molar-refractivity contribution < 1.29 is 5.11 Å². The Labute approximate surface area is 120 Å². The third kappa shape index (κ3) is 2.62. The van der Waals surface area contributed by atoms with Crippen LogP contribution in [0.3, 0.4) is 0 Å². The van der Waals surface area contributed by atoms with Crippen molar-refractivity contribution in [1.82, 2.24) is 9.78 Å². The molecular formula is C16H23N3O.